The second-order valence-corrected chi connectivity index (χ2v) is 4.71. The Kier molecular flexibility index (Phi) is 2.80. The lowest BCUT2D eigenvalue weighted by Crippen LogP contribution is -2.52. The van der Waals surface area contributed by atoms with Crippen LogP contribution in [0.15, 0.2) is 24.3 Å². The summed E-state index contributed by atoms with van der Waals surface area (Å²) in [5, 5.41) is 0. The number of fused-ring (bicyclic) bond motifs is 1. The molecule has 0 aromatic heterocycles. The molecule has 3 heteroatoms. The van der Waals surface area contributed by atoms with E-state index < -0.39 is 12.3 Å². The van der Waals surface area contributed by atoms with E-state index in [-0.39, 0.29) is 6.04 Å². The fourth-order valence-electron chi connectivity index (χ4n) is 2.56. The molecule has 0 fully saturated rings. The van der Waals surface area contributed by atoms with Crippen LogP contribution in [0.25, 0.3) is 0 Å². The highest BCUT2D eigenvalue weighted by Gasteiger charge is 2.39. The van der Waals surface area contributed by atoms with Gasteiger partial charge in [0.2, 0.25) is 0 Å². The molecular formula is C13H16FNO. The largest absolute Gasteiger partial charge is 0.302 e. The summed E-state index contributed by atoms with van der Waals surface area (Å²) < 4.78 is 13.1. The van der Waals surface area contributed by atoms with Gasteiger partial charge in [-0.15, -0.1) is 0 Å². The maximum Gasteiger partial charge on any atom is 0.144 e. The number of hydrogen-bond donors (Lipinski definition) is 0. The van der Waals surface area contributed by atoms with Crippen LogP contribution in [-0.4, -0.2) is 24.0 Å². The van der Waals surface area contributed by atoms with E-state index in [1.807, 2.05) is 38.1 Å². The molecule has 1 aromatic rings. The molecule has 1 aliphatic rings. The van der Waals surface area contributed by atoms with Gasteiger partial charge in [-0.05, 0) is 31.4 Å². The smallest absolute Gasteiger partial charge is 0.144 e. The Bertz CT molecular complexity index is 403. The van der Waals surface area contributed by atoms with Crippen LogP contribution in [-0.2, 0) is 16.8 Å². The molecule has 1 heterocycles. The summed E-state index contributed by atoms with van der Waals surface area (Å²) in [6, 6.07) is 7.59. The quantitative estimate of drug-likeness (QED) is 0.564. The number of carbonyl (C=O) groups is 1. The first-order chi connectivity index (χ1) is 7.61. The van der Waals surface area contributed by atoms with Crippen LogP contribution >= 0.6 is 0 Å². The zero-order chi connectivity index (χ0) is 11.8. The van der Waals surface area contributed by atoms with Crippen molar-refractivity contribution in [1.82, 2.24) is 4.90 Å². The number of hydrogen-bond acceptors (Lipinski definition) is 2. The summed E-state index contributed by atoms with van der Waals surface area (Å²) in [5.41, 5.74) is 1.84. The number of aldehydes is 1. The molecule has 0 saturated carbocycles. The summed E-state index contributed by atoms with van der Waals surface area (Å²) in [7, 11) is 0. The van der Waals surface area contributed by atoms with Crippen molar-refractivity contribution in [3.05, 3.63) is 35.4 Å². The lowest BCUT2D eigenvalue weighted by atomic mass is 9.81. The van der Waals surface area contributed by atoms with Crippen molar-refractivity contribution >= 4 is 6.29 Å². The van der Waals surface area contributed by atoms with Gasteiger partial charge in [0.05, 0.1) is 6.04 Å². The van der Waals surface area contributed by atoms with Crippen LogP contribution in [0.5, 0.6) is 0 Å². The Labute approximate surface area is 95.1 Å². The molecule has 86 valence electrons. The van der Waals surface area contributed by atoms with E-state index in [0.29, 0.717) is 6.42 Å². The van der Waals surface area contributed by atoms with Gasteiger partial charge in [0, 0.05) is 5.54 Å². The molecule has 0 N–H and O–H groups in total. The Morgan fingerprint density at radius 3 is 2.81 bits per heavy atom. The van der Waals surface area contributed by atoms with Crippen molar-refractivity contribution < 1.29 is 9.18 Å². The van der Waals surface area contributed by atoms with Gasteiger partial charge in [-0.3, -0.25) is 4.90 Å². The number of alkyl halides is 1. The first-order valence-electron chi connectivity index (χ1n) is 5.47. The summed E-state index contributed by atoms with van der Waals surface area (Å²) in [6.45, 7) is 3.33. The molecule has 2 rings (SSSR count). The zero-order valence-corrected chi connectivity index (χ0v) is 9.61. The average Bonchev–Trinajstić information content (AvgIpc) is 2.28. The van der Waals surface area contributed by atoms with Gasteiger partial charge in [-0.1, -0.05) is 24.3 Å². The van der Waals surface area contributed by atoms with Crippen LogP contribution in [0, 0.1) is 0 Å². The van der Waals surface area contributed by atoms with Crippen LogP contribution in [0.1, 0.15) is 25.0 Å². The first-order valence-corrected chi connectivity index (χ1v) is 5.47. The van der Waals surface area contributed by atoms with Gasteiger partial charge >= 0.3 is 0 Å². The lowest BCUT2D eigenvalue weighted by molar-refractivity contribution is -0.117. The normalized spacial score (nSPS) is 23.8. The molecule has 0 amide bonds. The highest BCUT2D eigenvalue weighted by molar-refractivity contribution is 5.60. The zero-order valence-electron chi connectivity index (χ0n) is 9.61. The summed E-state index contributed by atoms with van der Waals surface area (Å²) in [5.74, 6) is 0. The number of nitrogens with zero attached hydrogens (tertiary/aromatic N) is 1. The predicted octanol–water partition coefficient (Wildman–Crippen LogP) is 2.27. The van der Waals surface area contributed by atoms with E-state index in [0.717, 1.165) is 17.4 Å². The Balaban J connectivity index is 2.52. The second-order valence-electron chi connectivity index (χ2n) is 4.71. The van der Waals surface area contributed by atoms with Gasteiger partial charge in [-0.25, -0.2) is 4.39 Å². The third-order valence-corrected chi connectivity index (χ3v) is 3.51. The standard InChI is InChI=1S/C13H16FNO/c1-13(2)12-6-4-3-5-10(12)7-11(8-16)15(13)9-14/h3-6,8,11H,7,9H2,1-2H3. The fourth-order valence-corrected chi connectivity index (χ4v) is 2.56. The van der Waals surface area contributed by atoms with E-state index in [1.165, 1.54) is 0 Å². The van der Waals surface area contributed by atoms with Crippen LogP contribution in [0.4, 0.5) is 4.39 Å². The van der Waals surface area contributed by atoms with E-state index in [4.69, 9.17) is 0 Å². The topological polar surface area (TPSA) is 20.3 Å². The van der Waals surface area contributed by atoms with E-state index in [9.17, 15) is 9.18 Å². The van der Waals surface area contributed by atoms with Gasteiger partial charge in [-0.2, -0.15) is 0 Å². The molecule has 1 atom stereocenters. The average molecular weight is 221 g/mol. The highest BCUT2D eigenvalue weighted by atomic mass is 19.1. The van der Waals surface area contributed by atoms with Crippen molar-refractivity contribution in [3.8, 4) is 0 Å². The van der Waals surface area contributed by atoms with Crippen molar-refractivity contribution in [2.24, 2.45) is 0 Å². The molecule has 0 spiro atoms. The van der Waals surface area contributed by atoms with Crippen molar-refractivity contribution in [3.63, 3.8) is 0 Å². The SMILES string of the molecule is CC1(C)c2ccccc2CC(C=O)N1CF. The van der Waals surface area contributed by atoms with Crippen molar-refractivity contribution in [2.45, 2.75) is 31.8 Å². The first kappa shape index (κ1) is 11.3. The number of halogens is 1. The summed E-state index contributed by atoms with van der Waals surface area (Å²) in [4.78, 5) is 12.6. The van der Waals surface area contributed by atoms with E-state index in [2.05, 4.69) is 0 Å². The van der Waals surface area contributed by atoms with Crippen LogP contribution in [0.3, 0.4) is 0 Å². The van der Waals surface area contributed by atoms with Gasteiger partial charge < -0.3 is 4.79 Å². The molecule has 2 nitrogen and oxygen atoms in total. The van der Waals surface area contributed by atoms with Crippen LogP contribution < -0.4 is 0 Å². The summed E-state index contributed by atoms with van der Waals surface area (Å²) in [6.07, 6.45) is 1.45. The molecule has 1 aromatic carbocycles. The van der Waals surface area contributed by atoms with Crippen molar-refractivity contribution in [2.75, 3.05) is 6.80 Å². The molecule has 1 aliphatic heterocycles. The van der Waals surface area contributed by atoms with Crippen LogP contribution in [0.2, 0.25) is 0 Å². The van der Waals surface area contributed by atoms with Gasteiger partial charge in [0.25, 0.3) is 0 Å². The van der Waals surface area contributed by atoms with Gasteiger partial charge in [0.1, 0.15) is 13.1 Å². The molecule has 0 radical (unpaired) electrons. The Hall–Kier alpha value is -1.22. The number of benzene rings is 1. The predicted molar refractivity (Wildman–Crippen MR) is 60.8 cm³/mol. The number of rotatable bonds is 2. The maximum atomic E-state index is 13.1. The molecular weight excluding hydrogens is 205 g/mol. The lowest BCUT2D eigenvalue weighted by Gasteiger charge is -2.45. The maximum absolute atomic E-state index is 13.1. The monoisotopic (exact) mass is 221 g/mol. The van der Waals surface area contributed by atoms with E-state index in [1.54, 1.807) is 4.90 Å². The molecule has 0 bridgehead atoms. The fraction of sp³-hybridized carbons (Fsp3) is 0.462. The molecule has 16 heavy (non-hydrogen) atoms. The third kappa shape index (κ3) is 1.55. The second kappa shape index (κ2) is 3.98. The van der Waals surface area contributed by atoms with Gasteiger partial charge in [0.15, 0.2) is 0 Å². The van der Waals surface area contributed by atoms with Crippen molar-refractivity contribution in [1.29, 1.82) is 0 Å². The molecule has 0 saturated heterocycles. The number of carbonyl (C=O) groups excluding carboxylic acids is 1. The third-order valence-electron chi connectivity index (χ3n) is 3.51. The summed E-state index contributed by atoms with van der Waals surface area (Å²) >= 11 is 0. The Morgan fingerprint density at radius 1 is 1.50 bits per heavy atom. The minimum Gasteiger partial charge on any atom is -0.302 e. The minimum absolute atomic E-state index is 0.352. The van der Waals surface area contributed by atoms with E-state index >= 15 is 0 Å². The Morgan fingerprint density at radius 2 is 2.19 bits per heavy atom. The highest BCUT2D eigenvalue weighted by Crippen LogP contribution is 2.37. The minimum atomic E-state index is -0.593. The molecule has 0 aliphatic carbocycles. The molecule has 1 unspecified atom stereocenters.